The second-order valence-corrected chi connectivity index (χ2v) is 12.3. The molecule has 1 aliphatic carbocycles. The number of amides is 2. The monoisotopic (exact) mass is 580 g/mol. The number of fused-ring (bicyclic) bond motifs is 2. The van der Waals surface area contributed by atoms with Crippen LogP contribution in [0.2, 0.25) is 0 Å². The number of carbonyl (C=O) groups is 2. The molecular formula is C34H40N6O3. The van der Waals surface area contributed by atoms with Crippen molar-refractivity contribution in [3.63, 3.8) is 0 Å². The lowest BCUT2D eigenvalue weighted by atomic mass is 9.92. The summed E-state index contributed by atoms with van der Waals surface area (Å²) in [5, 5.41) is 13.1. The number of aliphatic hydroxyl groups is 1. The van der Waals surface area contributed by atoms with Gasteiger partial charge < -0.3 is 20.3 Å². The molecule has 2 aromatic heterocycles. The number of hydrogen-bond acceptors (Lipinski definition) is 6. The molecule has 3 N–H and O–H groups in total. The molecule has 0 bridgehead atoms. The molecule has 2 aliphatic rings. The molecule has 1 fully saturated rings. The smallest absolute Gasteiger partial charge is 0.253 e. The van der Waals surface area contributed by atoms with Gasteiger partial charge in [0.1, 0.15) is 5.52 Å². The van der Waals surface area contributed by atoms with Gasteiger partial charge in [-0.25, -0.2) is 9.97 Å². The summed E-state index contributed by atoms with van der Waals surface area (Å²) >= 11 is 0. The number of carbonyl (C=O) groups excluding carboxylic acids is 2. The van der Waals surface area contributed by atoms with Gasteiger partial charge >= 0.3 is 0 Å². The third-order valence-corrected chi connectivity index (χ3v) is 8.97. The number of aliphatic hydroxyl groups excluding tert-OH is 1. The molecule has 224 valence electrons. The number of hydrogen-bond donors (Lipinski definition) is 3. The molecule has 4 aromatic rings. The lowest BCUT2D eigenvalue weighted by Gasteiger charge is -2.30. The van der Waals surface area contributed by atoms with E-state index in [0.717, 1.165) is 72.2 Å². The number of aromatic nitrogens is 3. The Kier molecular flexibility index (Phi) is 8.03. The van der Waals surface area contributed by atoms with Gasteiger partial charge in [0, 0.05) is 63.0 Å². The largest absolute Gasteiger partial charge is 0.391 e. The van der Waals surface area contributed by atoms with E-state index in [4.69, 9.17) is 9.97 Å². The normalized spacial score (nSPS) is 18.5. The molecular weight excluding hydrogens is 540 g/mol. The Labute approximate surface area is 252 Å². The summed E-state index contributed by atoms with van der Waals surface area (Å²) in [6, 6.07) is 10.2. The third kappa shape index (κ3) is 5.92. The van der Waals surface area contributed by atoms with E-state index in [1.807, 2.05) is 37.5 Å². The van der Waals surface area contributed by atoms with E-state index in [2.05, 4.69) is 34.3 Å². The van der Waals surface area contributed by atoms with Gasteiger partial charge in [-0.15, -0.1) is 0 Å². The Morgan fingerprint density at radius 1 is 1.12 bits per heavy atom. The first-order valence-corrected chi connectivity index (χ1v) is 15.2. The second kappa shape index (κ2) is 11.9. The van der Waals surface area contributed by atoms with E-state index >= 15 is 0 Å². The second-order valence-electron chi connectivity index (χ2n) is 12.3. The minimum absolute atomic E-state index is 0.0152. The SMILES string of the molecule is Cc1cc(-c2c[nH]c3ncc(-c4cc(C)c5c(c4)CN(CCC(=O)NC4CCCC4O)CC5)nc23)ccc1C(=O)N(C)C. The highest BCUT2D eigenvalue weighted by atomic mass is 16.3. The highest BCUT2D eigenvalue weighted by molar-refractivity contribution is 5.97. The van der Waals surface area contributed by atoms with Crippen LogP contribution in [0.4, 0.5) is 0 Å². The van der Waals surface area contributed by atoms with Crippen molar-refractivity contribution in [2.75, 3.05) is 27.2 Å². The van der Waals surface area contributed by atoms with Crippen LogP contribution in [0.25, 0.3) is 33.5 Å². The number of benzene rings is 2. The maximum atomic E-state index is 12.5. The van der Waals surface area contributed by atoms with Crippen molar-refractivity contribution in [1.82, 2.24) is 30.1 Å². The van der Waals surface area contributed by atoms with Crippen LogP contribution in [0.1, 0.15) is 58.3 Å². The van der Waals surface area contributed by atoms with Crippen molar-refractivity contribution >= 4 is 23.0 Å². The molecule has 9 heteroatoms. The van der Waals surface area contributed by atoms with E-state index in [1.54, 1.807) is 19.0 Å². The Hall–Kier alpha value is -4.08. The number of H-pyrrole nitrogens is 1. The molecule has 1 aliphatic heterocycles. The first kappa shape index (κ1) is 29.0. The van der Waals surface area contributed by atoms with Crippen molar-refractivity contribution in [1.29, 1.82) is 0 Å². The highest BCUT2D eigenvalue weighted by Crippen LogP contribution is 2.32. The van der Waals surface area contributed by atoms with Gasteiger partial charge in [0.05, 0.1) is 24.0 Å². The molecule has 6 rings (SSSR count). The number of nitrogens with one attached hydrogen (secondary N) is 2. The van der Waals surface area contributed by atoms with Gasteiger partial charge in [-0.1, -0.05) is 12.1 Å². The zero-order chi connectivity index (χ0) is 30.2. The fourth-order valence-corrected chi connectivity index (χ4v) is 6.53. The predicted octanol–water partition coefficient (Wildman–Crippen LogP) is 4.39. The summed E-state index contributed by atoms with van der Waals surface area (Å²) in [5.74, 6) is 0.000252. The van der Waals surface area contributed by atoms with Crippen molar-refractivity contribution in [3.05, 3.63) is 70.5 Å². The molecule has 2 unspecified atom stereocenters. The Balaban J connectivity index is 1.21. The standard InChI is InChI=1S/C34H40N6O3/c1-20-15-23(16-24-19-40(12-10-25(20)24)13-11-31(42)37-28-6-5-7-30(28)41)29-18-36-33-32(38-29)27(17-35-33)22-8-9-26(21(2)14-22)34(43)39(3)4/h8-9,14-18,28,30,41H,5-7,10-13,19H2,1-4H3,(H,35,36)(H,37,42). The van der Waals surface area contributed by atoms with Crippen LogP contribution in [0.5, 0.6) is 0 Å². The minimum atomic E-state index is -0.416. The molecule has 43 heavy (non-hydrogen) atoms. The molecule has 2 aromatic carbocycles. The first-order chi connectivity index (χ1) is 20.7. The zero-order valence-electron chi connectivity index (χ0n) is 25.4. The fourth-order valence-electron chi connectivity index (χ4n) is 6.53. The summed E-state index contributed by atoms with van der Waals surface area (Å²) in [5.41, 5.74) is 10.7. The molecule has 2 amide bonds. The van der Waals surface area contributed by atoms with Gasteiger partial charge in [0.25, 0.3) is 5.91 Å². The summed E-state index contributed by atoms with van der Waals surface area (Å²) in [6.45, 7) is 6.51. The van der Waals surface area contributed by atoms with E-state index < -0.39 is 6.10 Å². The fraction of sp³-hybridized carbons (Fsp3) is 0.412. The average molecular weight is 581 g/mol. The summed E-state index contributed by atoms with van der Waals surface area (Å²) in [4.78, 5) is 42.0. The van der Waals surface area contributed by atoms with Gasteiger partial charge in [0.2, 0.25) is 5.91 Å². The first-order valence-electron chi connectivity index (χ1n) is 15.2. The van der Waals surface area contributed by atoms with Crippen LogP contribution in [-0.4, -0.2) is 81.0 Å². The van der Waals surface area contributed by atoms with Crippen LogP contribution < -0.4 is 5.32 Å². The van der Waals surface area contributed by atoms with Crippen molar-refractivity contribution in [3.8, 4) is 22.4 Å². The number of aryl methyl sites for hydroxylation is 2. The lowest BCUT2D eigenvalue weighted by Crippen LogP contribution is -2.41. The molecule has 1 saturated carbocycles. The summed E-state index contributed by atoms with van der Waals surface area (Å²) in [7, 11) is 3.52. The number of aromatic amines is 1. The Morgan fingerprint density at radius 2 is 1.93 bits per heavy atom. The third-order valence-electron chi connectivity index (χ3n) is 8.97. The van der Waals surface area contributed by atoms with Crippen LogP contribution in [0.3, 0.4) is 0 Å². The van der Waals surface area contributed by atoms with Crippen LogP contribution >= 0.6 is 0 Å². The molecule has 0 saturated heterocycles. The maximum absolute atomic E-state index is 12.5. The predicted molar refractivity (Wildman–Crippen MR) is 168 cm³/mol. The topological polar surface area (TPSA) is 114 Å². The Bertz CT molecular complexity index is 1690. The van der Waals surface area contributed by atoms with E-state index in [0.29, 0.717) is 24.2 Å². The molecule has 0 spiro atoms. The summed E-state index contributed by atoms with van der Waals surface area (Å²) in [6.07, 6.45) is 7.29. The van der Waals surface area contributed by atoms with Crippen molar-refractivity contribution in [2.24, 2.45) is 0 Å². The van der Waals surface area contributed by atoms with Crippen molar-refractivity contribution in [2.45, 2.75) is 64.6 Å². The minimum Gasteiger partial charge on any atom is -0.391 e. The van der Waals surface area contributed by atoms with E-state index in [9.17, 15) is 14.7 Å². The molecule has 0 radical (unpaired) electrons. The van der Waals surface area contributed by atoms with E-state index in [1.165, 1.54) is 16.7 Å². The van der Waals surface area contributed by atoms with Crippen LogP contribution in [0.15, 0.2) is 42.7 Å². The summed E-state index contributed by atoms with van der Waals surface area (Å²) < 4.78 is 0. The Morgan fingerprint density at radius 3 is 2.67 bits per heavy atom. The zero-order valence-corrected chi connectivity index (χ0v) is 25.4. The highest BCUT2D eigenvalue weighted by Gasteiger charge is 2.27. The van der Waals surface area contributed by atoms with Crippen molar-refractivity contribution < 1.29 is 14.7 Å². The van der Waals surface area contributed by atoms with Crippen LogP contribution in [0, 0.1) is 13.8 Å². The average Bonchev–Trinajstić information content (AvgIpc) is 3.60. The molecule has 2 atom stereocenters. The van der Waals surface area contributed by atoms with Gasteiger partial charge in [-0.2, -0.15) is 0 Å². The van der Waals surface area contributed by atoms with E-state index in [-0.39, 0.29) is 17.9 Å². The van der Waals surface area contributed by atoms with Gasteiger partial charge in [-0.05, 0) is 85.5 Å². The van der Waals surface area contributed by atoms with Gasteiger partial charge in [0.15, 0.2) is 5.65 Å². The van der Waals surface area contributed by atoms with Crippen LogP contribution in [-0.2, 0) is 17.8 Å². The lowest BCUT2D eigenvalue weighted by molar-refractivity contribution is -0.122. The number of nitrogens with zero attached hydrogens (tertiary/aromatic N) is 4. The maximum Gasteiger partial charge on any atom is 0.253 e. The van der Waals surface area contributed by atoms with Gasteiger partial charge in [-0.3, -0.25) is 14.5 Å². The quantitative estimate of drug-likeness (QED) is 0.299. The number of rotatable bonds is 7. The molecule has 3 heterocycles. The molecule has 9 nitrogen and oxygen atoms in total.